The van der Waals surface area contributed by atoms with Crippen molar-refractivity contribution in [1.82, 2.24) is 5.32 Å². The molecule has 3 nitrogen and oxygen atoms in total. The Balaban J connectivity index is 4.06. The molecular weight excluding hydrogens is 190 g/mol. The van der Waals surface area contributed by atoms with Crippen LogP contribution in [0.5, 0.6) is 0 Å². The minimum Gasteiger partial charge on any atom is -0.380 e. The lowest BCUT2D eigenvalue weighted by Crippen LogP contribution is -2.45. The molecule has 0 saturated heterocycles. The molecule has 0 saturated carbocycles. The molecule has 0 aromatic heterocycles. The highest BCUT2D eigenvalue weighted by molar-refractivity contribution is 4.78. The summed E-state index contributed by atoms with van der Waals surface area (Å²) in [6.07, 6.45) is 1.30. The highest BCUT2D eigenvalue weighted by atomic mass is 16.5. The Morgan fingerprint density at radius 3 is 2.27 bits per heavy atom. The van der Waals surface area contributed by atoms with Gasteiger partial charge in [-0.05, 0) is 26.3 Å². The molecule has 0 aliphatic heterocycles. The smallest absolute Gasteiger partial charge is 0.0773 e. The molecule has 0 rings (SSSR count). The van der Waals surface area contributed by atoms with Gasteiger partial charge < -0.3 is 14.8 Å². The lowest BCUT2D eigenvalue weighted by molar-refractivity contribution is -0.0215. The first-order valence-electron chi connectivity index (χ1n) is 6.03. The van der Waals surface area contributed by atoms with Crippen LogP contribution in [-0.2, 0) is 9.47 Å². The third-order valence-corrected chi connectivity index (χ3v) is 2.43. The van der Waals surface area contributed by atoms with Gasteiger partial charge in [-0.25, -0.2) is 0 Å². The van der Waals surface area contributed by atoms with Gasteiger partial charge in [-0.3, -0.25) is 0 Å². The third kappa shape index (κ3) is 6.13. The predicted molar refractivity (Wildman–Crippen MR) is 64.2 cm³/mol. The summed E-state index contributed by atoms with van der Waals surface area (Å²) in [7, 11) is 1.97. The molecule has 3 heteroatoms. The first-order chi connectivity index (χ1) is 7.17. The van der Waals surface area contributed by atoms with Crippen molar-refractivity contribution in [3.63, 3.8) is 0 Å². The van der Waals surface area contributed by atoms with Crippen molar-refractivity contribution < 1.29 is 9.47 Å². The van der Waals surface area contributed by atoms with Gasteiger partial charge in [-0.15, -0.1) is 0 Å². The summed E-state index contributed by atoms with van der Waals surface area (Å²) in [5, 5.41) is 3.28. The number of hydrogen-bond donors (Lipinski definition) is 1. The van der Waals surface area contributed by atoms with E-state index in [0.29, 0.717) is 5.92 Å². The van der Waals surface area contributed by atoms with Crippen LogP contribution >= 0.6 is 0 Å². The largest absolute Gasteiger partial charge is 0.380 e. The summed E-state index contributed by atoms with van der Waals surface area (Å²) >= 11 is 0. The fourth-order valence-corrected chi connectivity index (χ4v) is 1.66. The van der Waals surface area contributed by atoms with E-state index in [1.165, 1.54) is 0 Å². The summed E-state index contributed by atoms with van der Waals surface area (Å²) in [5.74, 6) is 0.507. The maximum atomic E-state index is 5.74. The van der Waals surface area contributed by atoms with Crippen LogP contribution in [0.25, 0.3) is 0 Å². The van der Waals surface area contributed by atoms with Crippen molar-refractivity contribution >= 4 is 0 Å². The van der Waals surface area contributed by atoms with Crippen LogP contribution in [0.1, 0.15) is 34.1 Å². The van der Waals surface area contributed by atoms with Gasteiger partial charge in [0.15, 0.2) is 0 Å². The Labute approximate surface area is 94.5 Å². The Morgan fingerprint density at radius 1 is 1.20 bits per heavy atom. The van der Waals surface area contributed by atoms with Crippen molar-refractivity contribution in [2.24, 2.45) is 5.92 Å². The van der Waals surface area contributed by atoms with Gasteiger partial charge in [0.1, 0.15) is 0 Å². The van der Waals surface area contributed by atoms with Crippen LogP contribution < -0.4 is 5.32 Å². The lowest BCUT2D eigenvalue weighted by atomic mass is 10.00. The minimum atomic E-state index is 0.233. The second-order valence-electron chi connectivity index (χ2n) is 4.13. The normalized spacial score (nSPS) is 15.6. The molecule has 0 amide bonds. The summed E-state index contributed by atoms with van der Waals surface area (Å²) in [5.41, 5.74) is 0. The van der Waals surface area contributed by atoms with Gasteiger partial charge in [0.2, 0.25) is 0 Å². The maximum Gasteiger partial charge on any atom is 0.0773 e. The standard InChI is InChI=1S/C12H27NO2/c1-6-8-14-9-11(13-5)12(10(3)4)15-7-2/h10-13H,6-9H2,1-5H3. The zero-order valence-electron chi connectivity index (χ0n) is 10.9. The molecule has 2 atom stereocenters. The summed E-state index contributed by atoms with van der Waals surface area (Å²) in [4.78, 5) is 0. The van der Waals surface area contributed by atoms with Gasteiger partial charge in [-0.2, -0.15) is 0 Å². The Hall–Kier alpha value is -0.120. The van der Waals surface area contributed by atoms with Crippen LogP contribution in [0.3, 0.4) is 0 Å². The highest BCUT2D eigenvalue weighted by Crippen LogP contribution is 2.11. The zero-order chi connectivity index (χ0) is 11.7. The molecule has 0 radical (unpaired) electrons. The molecule has 0 aromatic carbocycles. The average molecular weight is 217 g/mol. The summed E-state index contributed by atoms with van der Waals surface area (Å²) < 4.78 is 11.3. The quantitative estimate of drug-likeness (QED) is 0.600. The lowest BCUT2D eigenvalue weighted by Gasteiger charge is -2.29. The van der Waals surface area contributed by atoms with Crippen LogP contribution in [0.2, 0.25) is 0 Å². The van der Waals surface area contributed by atoms with Crippen LogP contribution in [0.15, 0.2) is 0 Å². The van der Waals surface area contributed by atoms with E-state index >= 15 is 0 Å². The van der Waals surface area contributed by atoms with Crippen molar-refractivity contribution in [2.75, 3.05) is 26.9 Å². The fourth-order valence-electron chi connectivity index (χ4n) is 1.66. The number of rotatable bonds is 9. The summed E-state index contributed by atoms with van der Waals surface area (Å²) in [6.45, 7) is 10.8. The van der Waals surface area contributed by atoms with Gasteiger partial charge >= 0.3 is 0 Å². The van der Waals surface area contributed by atoms with Gasteiger partial charge in [-0.1, -0.05) is 20.8 Å². The fraction of sp³-hybridized carbons (Fsp3) is 1.00. The van der Waals surface area contributed by atoms with Gasteiger partial charge in [0.05, 0.1) is 18.8 Å². The zero-order valence-corrected chi connectivity index (χ0v) is 10.9. The van der Waals surface area contributed by atoms with Crippen molar-refractivity contribution in [3.8, 4) is 0 Å². The molecule has 0 spiro atoms. The summed E-state index contributed by atoms with van der Waals surface area (Å²) in [6, 6.07) is 0.288. The van der Waals surface area contributed by atoms with E-state index in [1.807, 2.05) is 14.0 Å². The average Bonchev–Trinajstić information content (AvgIpc) is 2.22. The van der Waals surface area contributed by atoms with Gasteiger partial charge in [0.25, 0.3) is 0 Å². The molecule has 0 heterocycles. The molecule has 0 aliphatic carbocycles. The number of hydrogen-bond acceptors (Lipinski definition) is 3. The number of nitrogens with one attached hydrogen (secondary N) is 1. The second kappa shape index (κ2) is 9.13. The van der Waals surface area contributed by atoms with Crippen LogP contribution in [-0.4, -0.2) is 39.0 Å². The van der Waals surface area contributed by atoms with Crippen molar-refractivity contribution in [3.05, 3.63) is 0 Å². The van der Waals surface area contributed by atoms with Crippen LogP contribution in [0.4, 0.5) is 0 Å². The molecule has 2 unspecified atom stereocenters. The van der Waals surface area contributed by atoms with E-state index in [2.05, 4.69) is 26.1 Å². The Bertz CT molecular complexity index is 140. The van der Waals surface area contributed by atoms with E-state index in [0.717, 1.165) is 26.2 Å². The number of ether oxygens (including phenoxy) is 2. The molecule has 92 valence electrons. The molecule has 0 aliphatic rings. The molecule has 0 aromatic rings. The van der Waals surface area contributed by atoms with E-state index in [1.54, 1.807) is 0 Å². The van der Waals surface area contributed by atoms with Crippen molar-refractivity contribution in [2.45, 2.75) is 46.3 Å². The predicted octanol–water partition coefficient (Wildman–Crippen LogP) is 2.06. The minimum absolute atomic E-state index is 0.233. The second-order valence-corrected chi connectivity index (χ2v) is 4.13. The van der Waals surface area contributed by atoms with E-state index in [9.17, 15) is 0 Å². The Kier molecular flexibility index (Phi) is 9.06. The van der Waals surface area contributed by atoms with Crippen LogP contribution in [0, 0.1) is 5.92 Å². The topological polar surface area (TPSA) is 30.5 Å². The third-order valence-electron chi connectivity index (χ3n) is 2.43. The molecule has 0 fully saturated rings. The number of likely N-dealkylation sites (N-methyl/N-ethyl adjacent to an activating group) is 1. The van der Waals surface area contributed by atoms with E-state index in [-0.39, 0.29) is 12.1 Å². The van der Waals surface area contributed by atoms with E-state index in [4.69, 9.17) is 9.47 Å². The molecule has 0 bridgehead atoms. The molecule has 1 N–H and O–H groups in total. The molecular formula is C12H27NO2. The first kappa shape index (κ1) is 14.9. The highest BCUT2D eigenvalue weighted by Gasteiger charge is 2.23. The Morgan fingerprint density at radius 2 is 1.87 bits per heavy atom. The maximum absolute atomic E-state index is 5.74. The first-order valence-corrected chi connectivity index (χ1v) is 6.03. The van der Waals surface area contributed by atoms with E-state index < -0.39 is 0 Å². The van der Waals surface area contributed by atoms with Gasteiger partial charge in [0, 0.05) is 13.2 Å². The monoisotopic (exact) mass is 217 g/mol. The SMILES string of the molecule is CCCOCC(NC)C(OCC)C(C)C. The molecule has 15 heavy (non-hydrogen) atoms. The van der Waals surface area contributed by atoms with Crippen molar-refractivity contribution in [1.29, 1.82) is 0 Å².